The van der Waals surface area contributed by atoms with E-state index in [-0.39, 0.29) is 11.3 Å². The molecule has 0 heterocycles. The molecule has 18 heavy (non-hydrogen) atoms. The lowest BCUT2D eigenvalue weighted by Crippen LogP contribution is -2.39. The van der Waals surface area contributed by atoms with Crippen molar-refractivity contribution in [3.63, 3.8) is 0 Å². The summed E-state index contributed by atoms with van der Waals surface area (Å²) in [5, 5.41) is -0.186. The van der Waals surface area contributed by atoms with Crippen LogP contribution in [0.2, 0.25) is 0 Å². The molecular weight excluding hydrogens is 248 g/mol. The molecular formula is C13H20N2O2S. The van der Waals surface area contributed by atoms with Crippen LogP contribution in [0, 0.1) is 0 Å². The summed E-state index contributed by atoms with van der Waals surface area (Å²) in [5.41, 5.74) is 7.28. The Morgan fingerprint density at radius 3 is 2.22 bits per heavy atom. The third-order valence-corrected chi connectivity index (χ3v) is 5.61. The van der Waals surface area contributed by atoms with Gasteiger partial charge in [-0.1, -0.05) is 12.1 Å². The summed E-state index contributed by atoms with van der Waals surface area (Å²) < 4.78 is 26.3. The first-order chi connectivity index (χ1) is 8.46. The van der Waals surface area contributed by atoms with E-state index in [4.69, 9.17) is 5.73 Å². The summed E-state index contributed by atoms with van der Waals surface area (Å²) in [6.07, 6.45) is 1.57. The molecule has 1 aromatic rings. The number of hydrogen-bond donors (Lipinski definition) is 1. The summed E-state index contributed by atoms with van der Waals surface area (Å²) >= 11 is 0. The van der Waals surface area contributed by atoms with Gasteiger partial charge in [0, 0.05) is 12.6 Å². The van der Waals surface area contributed by atoms with E-state index < -0.39 is 10.0 Å². The number of hydrogen-bond acceptors (Lipinski definition) is 3. The Morgan fingerprint density at radius 1 is 1.28 bits per heavy atom. The van der Waals surface area contributed by atoms with E-state index in [9.17, 15) is 8.42 Å². The van der Waals surface area contributed by atoms with Crippen LogP contribution in [0.15, 0.2) is 24.3 Å². The number of rotatable bonds is 5. The Labute approximate surface area is 109 Å². The summed E-state index contributed by atoms with van der Waals surface area (Å²) in [6.45, 7) is 4.27. The molecule has 0 atom stereocenters. The molecule has 0 aliphatic heterocycles. The topological polar surface area (TPSA) is 63.4 Å². The first kappa shape index (κ1) is 13.4. The minimum atomic E-state index is -3.20. The average Bonchev–Trinajstić information content (AvgIpc) is 3.13. The normalized spacial score (nSPS) is 16.0. The van der Waals surface area contributed by atoms with Gasteiger partial charge in [-0.3, -0.25) is 4.31 Å². The molecule has 4 nitrogen and oxygen atoms in total. The maximum absolute atomic E-state index is 12.4. The smallest absolute Gasteiger partial charge is 0.238 e. The van der Waals surface area contributed by atoms with Crippen LogP contribution in [0.5, 0.6) is 0 Å². The van der Waals surface area contributed by atoms with Crippen LogP contribution in [0.25, 0.3) is 0 Å². The van der Waals surface area contributed by atoms with Crippen molar-refractivity contribution in [2.75, 3.05) is 4.31 Å². The van der Waals surface area contributed by atoms with E-state index in [2.05, 4.69) is 0 Å². The van der Waals surface area contributed by atoms with Crippen LogP contribution in [0.1, 0.15) is 32.3 Å². The molecule has 2 N–H and O–H groups in total. The second kappa shape index (κ2) is 4.90. The average molecular weight is 268 g/mol. The molecule has 1 aliphatic carbocycles. The van der Waals surface area contributed by atoms with Gasteiger partial charge in [0.15, 0.2) is 0 Å². The quantitative estimate of drug-likeness (QED) is 0.886. The Morgan fingerprint density at radius 2 is 1.83 bits per heavy atom. The van der Waals surface area contributed by atoms with Crippen LogP contribution in [0.3, 0.4) is 0 Å². The zero-order valence-electron chi connectivity index (χ0n) is 10.8. The zero-order valence-corrected chi connectivity index (χ0v) is 11.7. The summed E-state index contributed by atoms with van der Waals surface area (Å²) in [6, 6.07) is 7.36. The predicted octanol–water partition coefficient (Wildman–Crippen LogP) is 1.85. The molecule has 0 saturated heterocycles. The van der Waals surface area contributed by atoms with E-state index >= 15 is 0 Å². The fraction of sp³-hybridized carbons (Fsp3) is 0.538. The molecule has 100 valence electrons. The lowest BCUT2D eigenvalue weighted by molar-refractivity contribution is 0.583. The second-order valence-corrected chi connectivity index (χ2v) is 7.09. The highest BCUT2D eigenvalue weighted by atomic mass is 32.2. The predicted molar refractivity (Wildman–Crippen MR) is 73.9 cm³/mol. The van der Waals surface area contributed by atoms with Gasteiger partial charge in [0.25, 0.3) is 0 Å². The van der Waals surface area contributed by atoms with Crippen molar-refractivity contribution in [2.24, 2.45) is 5.73 Å². The fourth-order valence-electron chi connectivity index (χ4n) is 2.04. The Kier molecular flexibility index (Phi) is 3.64. The van der Waals surface area contributed by atoms with Gasteiger partial charge < -0.3 is 5.73 Å². The Hall–Kier alpha value is -1.07. The van der Waals surface area contributed by atoms with Crippen LogP contribution in [-0.2, 0) is 16.6 Å². The van der Waals surface area contributed by atoms with Gasteiger partial charge >= 0.3 is 0 Å². The summed E-state index contributed by atoms with van der Waals surface area (Å²) in [5.74, 6) is 0. The van der Waals surface area contributed by atoms with Crippen LogP contribution < -0.4 is 10.0 Å². The van der Waals surface area contributed by atoms with Crippen LogP contribution in [-0.4, -0.2) is 19.7 Å². The molecule has 0 unspecified atom stereocenters. The van der Waals surface area contributed by atoms with Crippen molar-refractivity contribution in [3.05, 3.63) is 29.8 Å². The van der Waals surface area contributed by atoms with E-state index in [1.54, 1.807) is 0 Å². The van der Waals surface area contributed by atoms with Gasteiger partial charge in [0.1, 0.15) is 0 Å². The molecule has 1 aliphatic rings. The first-order valence-electron chi connectivity index (χ1n) is 6.29. The highest BCUT2D eigenvalue weighted by molar-refractivity contribution is 7.93. The summed E-state index contributed by atoms with van der Waals surface area (Å²) in [4.78, 5) is 0. The van der Waals surface area contributed by atoms with Gasteiger partial charge in [0.2, 0.25) is 10.0 Å². The van der Waals surface area contributed by atoms with Gasteiger partial charge in [-0.15, -0.1) is 0 Å². The monoisotopic (exact) mass is 268 g/mol. The summed E-state index contributed by atoms with van der Waals surface area (Å²) in [7, 11) is -3.20. The van der Waals surface area contributed by atoms with Crippen molar-refractivity contribution < 1.29 is 8.42 Å². The van der Waals surface area contributed by atoms with Crippen molar-refractivity contribution in [2.45, 2.75) is 44.5 Å². The minimum Gasteiger partial charge on any atom is -0.326 e. The van der Waals surface area contributed by atoms with Gasteiger partial charge in [0.05, 0.1) is 10.9 Å². The molecule has 0 amide bonds. The zero-order chi connectivity index (χ0) is 13.3. The molecule has 0 aromatic heterocycles. The van der Waals surface area contributed by atoms with E-state index in [1.807, 2.05) is 38.1 Å². The lowest BCUT2D eigenvalue weighted by Gasteiger charge is -2.28. The molecule has 1 saturated carbocycles. The third-order valence-electron chi connectivity index (χ3n) is 3.12. The maximum Gasteiger partial charge on any atom is 0.238 e. The van der Waals surface area contributed by atoms with Crippen LogP contribution in [0.4, 0.5) is 5.69 Å². The Bertz CT molecular complexity index is 504. The molecule has 0 spiro atoms. The lowest BCUT2D eigenvalue weighted by atomic mass is 10.2. The number of benzene rings is 1. The van der Waals surface area contributed by atoms with Crippen molar-refractivity contribution in [1.29, 1.82) is 0 Å². The molecule has 1 aromatic carbocycles. The number of nitrogens with two attached hydrogens (primary N) is 1. The van der Waals surface area contributed by atoms with Gasteiger partial charge in [-0.2, -0.15) is 0 Å². The molecule has 0 radical (unpaired) electrons. The second-order valence-electron chi connectivity index (χ2n) is 5.00. The van der Waals surface area contributed by atoms with Crippen LogP contribution >= 0.6 is 0 Å². The minimum absolute atomic E-state index is 0.0701. The molecule has 2 rings (SSSR count). The van der Waals surface area contributed by atoms with Crippen molar-refractivity contribution in [1.82, 2.24) is 0 Å². The number of anilines is 1. The fourth-order valence-corrected chi connectivity index (χ4v) is 4.10. The molecule has 1 fully saturated rings. The van der Waals surface area contributed by atoms with E-state index in [0.29, 0.717) is 6.54 Å². The Balaban J connectivity index is 2.35. The molecule has 5 heteroatoms. The number of sulfonamides is 1. The van der Waals surface area contributed by atoms with Crippen molar-refractivity contribution >= 4 is 15.7 Å². The first-order valence-corrected chi connectivity index (χ1v) is 7.79. The van der Waals surface area contributed by atoms with Gasteiger partial charge in [-0.05, 0) is 44.4 Å². The van der Waals surface area contributed by atoms with E-state index in [1.165, 1.54) is 4.31 Å². The highest BCUT2D eigenvalue weighted by Gasteiger charge is 2.41. The largest absolute Gasteiger partial charge is 0.326 e. The molecule has 0 bridgehead atoms. The standard InChI is InChI=1S/C13H20N2O2S/c1-10(2)15(18(16,17)13-7-8-13)12-5-3-11(9-14)4-6-12/h3-6,10,13H,7-9,14H2,1-2H3. The van der Waals surface area contributed by atoms with Crippen molar-refractivity contribution in [3.8, 4) is 0 Å². The highest BCUT2D eigenvalue weighted by Crippen LogP contribution is 2.34. The maximum atomic E-state index is 12.4. The van der Waals surface area contributed by atoms with Gasteiger partial charge in [-0.25, -0.2) is 8.42 Å². The SMILES string of the molecule is CC(C)N(c1ccc(CN)cc1)S(=O)(=O)C1CC1. The third kappa shape index (κ3) is 2.52. The number of nitrogens with zero attached hydrogens (tertiary/aromatic N) is 1. The van der Waals surface area contributed by atoms with E-state index in [0.717, 1.165) is 24.1 Å².